The first-order chi connectivity index (χ1) is 7.61. The van der Waals surface area contributed by atoms with Gasteiger partial charge in [0.2, 0.25) is 5.05 Å². The molecule has 0 saturated heterocycles. The second-order valence-corrected chi connectivity index (χ2v) is 3.37. The van der Waals surface area contributed by atoms with E-state index in [-0.39, 0.29) is 16.5 Å². The lowest BCUT2D eigenvalue weighted by Gasteiger charge is -1.92. The molecule has 1 aromatic heterocycles. The molecule has 0 aliphatic heterocycles. The molecule has 0 aliphatic carbocycles. The van der Waals surface area contributed by atoms with Crippen LogP contribution in [0.5, 0.6) is 0 Å². The van der Waals surface area contributed by atoms with Gasteiger partial charge in [-0.2, -0.15) is 0 Å². The SMILES string of the molecule is COC(=S)c1nc2cc(C(=O)O)ccc2o1. The Balaban J connectivity index is 2.54. The molecule has 2 aromatic rings. The Morgan fingerprint density at radius 1 is 1.56 bits per heavy atom. The molecule has 0 fully saturated rings. The van der Waals surface area contributed by atoms with E-state index in [1.165, 1.54) is 25.3 Å². The number of fused-ring (bicyclic) bond motifs is 1. The summed E-state index contributed by atoms with van der Waals surface area (Å²) in [7, 11) is 1.42. The van der Waals surface area contributed by atoms with Crippen LogP contribution in [0, 0.1) is 0 Å². The van der Waals surface area contributed by atoms with Crippen LogP contribution in [-0.4, -0.2) is 28.2 Å². The van der Waals surface area contributed by atoms with Crippen LogP contribution in [0.3, 0.4) is 0 Å². The number of oxazole rings is 1. The van der Waals surface area contributed by atoms with Gasteiger partial charge in [0.15, 0.2) is 5.58 Å². The van der Waals surface area contributed by atoms with Gasteiger partial charge in [0.25, 0.3) is 5.89 Å². The fourth-order valence-corrected chi connectivity index (χ4v) is 1.32. The third kappa shape index (κ3) is 1.74. The van der Waals surface area contributed by atoms with E-state index in [0.29, 0.717) is 11.1 Å². The maximum absolute atomic E-state index is 10.7. The van der Waals surface area contributed by atoms with Crippen molar-refractivity contribution in [3.63, 3.8) is 0 Å². The lowest BCUT2D eigenvalue weighted by molar-refractivity contribution is 0.0697. The number of carboxylic acid groups (broad SMARTS) is 1. The van der Waals surface area contributed by atoms with E-state index in [2.05, 4.69) is 4.98 Å². The highest BCUT2D eigenvalue weighted by Gasteiger charge is 2.12. The molecule has 5 nitrogen and oxygen atoms in total. The third-order valence-corrected chi connectivity index (χ3v) is 2.34. The van der Waals surface area contributed by atoms with Gasteiger partial charge in [-0.1, -0.05) is 0 Å². The third-order valence-electron chi connectivity index (χ3n) is 1.99. The summed E-state index contributed by atoms with van der Waals surface area (Å²) in [4.78, 5) is 14.8. The standard InChI is InChI=1S/C10H7NO4S/c1-14-10(16)8-11-6-4-5(9(12)13)2-3-7(6)15-8/h2-4H,1H3,(H,12,13). The Labute approximate surface area is 95.6 Å². The zero-order valence-electron chi connectivity index (χ0n) is 8.26. The van der Waals surface area contributed by atoms with E-state index in [4.69, 9.17) is 26.5 Å². The molecule has 6 heteroatoms. The van der Waals surface area contributed by atoms with Crippen LogP contribution in [0.25, 0.3) is 11.1 Å². The number of aromatic nitrogens is 1. The van der Waals surface area contributed by atoms with Gasteiger partial charge in [0.1, 0.15) is 5.52 Å². The second kappa shape index (κ2) is 3.90. The van der Waals surface area contributed by atoms with Crippen molar-refractivity contribution in [2.75, 3.05) is 7.11 Å². The number of hydrogen-bond donors (Lipinski definition) is 1. The molecule has 0 amide bonds. The highest BCUT2D eigenvalue weighted by molar-refractivity contribution is 7.80. The van der Waals surface area contributed by atoms with Crippen molar-refractivity contribution in [3.8, 4) is 0 Å². The maximum atomic E-state index is 10.7. The van der Waals surface area contributed by atoms with Crippen molar-refractivity contribution < 1.29 is 19.1 Å². The molecule has 1 heterocycles. The molecule has 1 N–H and O–H groups in total. The van der Waals surface area contributed by atoms with Crippen molar-refractivity contribution in [2.24, 2.45) is 0 Å². The minimum atomic E-state index is -1.01. The zero-order valence-corrected chi connectivity index (χ0v) is 9.08. The van der Waals surface area contributed by atoms with E-state index in [1.54, 1.807) is 0 Å². The van der Waals surface area contributed by atoms with Gasteiger partial charge in [0.05, 0.1) is 12.7 Å². The number of aromatic carboxylic acids is 1. The highest BCUT2D eigenvalue weighted by Crippen LogP contribution is 2.18. The van der Waals surface area contributed by atoms with Gasteiger partial charge in [-0.05, 0) is 30.4 Å². The van der Waals surface area contributed by atoms with E-state index in [0.717, 1.165) is 0 Å². The fourth-order valence-electron chi connectivity index (χ4n) is 1.24. The molecule has 0 radical (unpaired) electrons. The quantitative estimate of drug-likeness (QED) is 0.803. The predicted molar refractivity (Wildman–Crippen MR) is 59.7 cm³/mol. The van der Waals surface area contributed by atoms with Crippen LogP contribution in [0.2, 0.25) is 0 Å². The van der Waals surface area contributed by atoms with Gasteiger partial charge < -0.3 is 14.3 Å². The summed E-state index contributed by atoms with van der Waals surface area (Å²) in [5.74, 6) is -0.837. The average Bonchev–Trinajstić information content (AvgIpc) is 2.70. The Morgan fingerprint density at radius 3 is 2.94 bits per heavy atom. The van der Waals surface area contributed by atoms with Gasteiger partial charge in [-0.3, -0.25) is 0 Å². The number of thiocarbonyl (C=S) groups is 1. The number of carbonyl (C=O) groups is 1. The number of rotatable bonds is 2. The van der Waals surface area contributed by atoms with Crippen molar-refractivity contribution >= 4 is 34.3 Å². The summed E-state index contributed by atoms with van der Waals surface area (Å²) in [5, 5.41) is 8.93. The van der Waals surface area contributed by atoms with Gasteiger partial charge in [-0.25, -0.2) is 9.78 Å². The summed E-state index contributed by atoms with van der Waals surface area (Å²) in [6, 6.07) is 4.39. The van der Waals surface area contributed by atoms with E-state index >= 15 is 0 Å². The Morgan fingerprint density at radius 2 is 2.31 bits per heavy atom. The molecule has 1 aromatic carbocycles. The topological polar surface area (TPSA) is 72.6 Å². The molecule has 0 saturated carbocycles. The first-order valence-corrected chi connectivity index (χ1v) is 4.75. The lowest BCUT2D eigenvalue weighted by atomic mass is 10.2. The normalized spacial score (nSPS) is 10.3. The second-order valence-electron chi connectivity index (χ2n) is 3.00. The number of nitrogens with zero attached hydrogens (tertiary/aromatic N) is 1. The van der Waals surface area contributed by atoms with Crippen molar-refractivity contribution in [1.29, 1.82) is 0 Å². The summed E-state index contributed by atoms with van der Waals surface area (Å²) in [6.07, 6.45) is 0. The van der Waals surface area contributed by atoms with Crippen LogP contribution in [0.1, 0.15) is 16.2 Å². The van der Waals surface area contributed by atoms with Crippen molar-refractivity contribution in [3.05, 3.63) is 29.7 Å². The smallest absolute Gasteiger partial charge is 0.335 e. The van der Waals surface area contributed by atoms with Crippen LogP contribution in [0.15, 0.2) is 22.6 Å². The zero-order chi connectivity index (χ0) is 11.7. The molecule has 16 heavy (non-hydrogen) atoms. The van der Waals surface area contributed by atoms with Crippen LogP contribution >= 0.6 is 12.2 Å². The molecule has 0 aliphatic rings. The molecule has 0 bridgehead atoms. The fraction of sp³-hybridized carbons (Fsp3) is 0.100. The summed E-state index contributed by atoms with van der Waals surface area (Å²) in [5.41, 5.74) is 1.06. The number of benzene rings is 1. The summed E-state index contributed by atoms with van der Waals surface area (Å²) < 4.78 is 10.1. The van der Waals surface area contributed by atoms with Crippen LogP contribution < -0.4 is 0 Å². The molecule has 2 rings (SSSR count). The molecule has 0 spiro atoms. The Bertz CT molecular complexity index is 575. The maximum Gasteiger partial charge on any atom is 0.335 e. The largest absolute Gasteiger partial charge is 0.483 e. The van der Waals surface area contributed by atoms with E-state index < -0.39 is 5.97 Å². The summed E-state index contributed by atoms with van der Waals surface area (Å²) in [6.45, 7) is 0. The van der Waals surface area contributed by atoms with E-state index in [1.807, 2.05) is 0 Å². The predicted octanol–water partition coefficient (Wildman–Crippen LogP) is 1.85. The molecular weight excluding hydrogens is 230 g/mol. The number of methoxy groups -OCH3 is 1. The lowest BCUT2D eigenvalue weighted by Crippen LogP contribution is -1.98. The highest BCUT2D eigenvalue weighted by atomic mass is 32.1. The Hall–Kier alpha value is -1.95. The Kier molecular flexibility index (Phi) is 2.57. The van der Waals surface area contributed by atoms with Crippen LogP contribution in [0.4, 0.5) is 0 Å². The first-order valence-electron chi connectivity index (χ1n) is 4.34. The number of hydrogen-bond acceptors (Lipinski definition) is 5. The molecule has 0 unspecified atom stereocenters. The van der Waals surface area contributed by atoms with E-state index in [9.17, 15) is 4.79 Å². The van der Waals surface area contributed by atoms with Crippen molar-refractivity contribution in [1.82, 2.24) is 4.98 Å². The molecular formula is C10H7NO4S. The summed E-state index contributed by atoms with van der Waals surface area (Å²) >= 11 is 4.85. The monoisotopic (exact) mass is 237 g/mol. The van der Waals surface area contributed by atoms with Gasteiger partial charge in [0, 0.05) is 0 Å². The minimum Gasteiger partial charge on any atom is -0.483 e. The number of ether oxygens (including phenoxy) is 1. The number of carboxylic acids is 1. The van der Waals surface area contributed by atoms with Gasteiger partial charge >= 0.3 is 5.97 Å². The minimum absolute atomic E-state index is 0.132. The van der Waals surface area contributed by atoms with Crippen molar-refractivity contribution in [2.45, 2.75) is 0 Å². The molecule has 0 atom stereocenters. The van der Waals surface area contributed by atoms with Gasteiger partial charge in [-0.15, -0.1) is 0 Å². The van der Waals surface area contributed by atoms with Crippen LogP contribution in [-0.2, 0) is 4.74 Å². The molecule has 82 valence electrons. The first kappa shape index (κ1) is 10.6. The average molecular weight is 237 g/mol.